The topological polar surface area (TPSA) is 52.6 Å². The Bertz CT molecular complexity index is 1350. The van der Waals surface area contributed by atoms with Gasteiger partial charge in [-0.2, -0.15) is 0 Å². The van der Waals surface area contributed by atoms with Crippen LogP contribution in [0.25, 0.3) is 0 Å². The lowest BCUT2D eigenvalue weighted by atomic mass is 9.76. The molecule has 0 N–H and O–H groups in total. The van der Waals surface area contributed by atoms with E-state index in [0.29, 0.717) is 18.6 Å². The van der Waals surface area contributed by atoms with Gasteiger partial charge in [0.05, 0.1) is 11.1 Å². The maximum atomic E-state index is 13.7. The molecule has 6 rings (SSSR count). The predicted molar refractivity (Wildman–Crippen MR) is 119 cm³/mol. The predicted octanol–water partition coefficient (Wildman–Crippen LogP) is 5.60. The van der Waals surface area contributed by atoms with Crippen LogP contribution in [0.2, 0.25) is 0 Å². The molecule has 3 aliphatic rings. The number of hydrogen-bond acceptors (Lipinski definition) is 4. The van der Waals surface area contributed by atoms with Crippen LogP contribution in [-0.2, 0) is 15.9 Å². The highest BCUT2D eigenvalue weighted by atomic mass is 19.1. The zero-order valence-electron chi connectivity index (χ0n) is 18.8. The number of ether oxygens (including phenoxy) is 2. The van der Waals surface area contributed by atoms with Crippen molar-refractivity contribution < 1.29 is 36.6 Å². The number of fused-ring (bicyclic) bond motifs is 7. The summed E-state index contributed by atoms with van der Waals surface area (Å²) < 4.78 is 66.3. The molecule has 184 valence electrons. The fourth-order valence-corrected chi connectivity index (χ4v) is 6.50. The average Bonchev–Trinajstić information content (AvgIpc) is 3.47. The first-order valence-corrected chi connectivity index (χ1v) is 11.7. The van der Waals surface area contributed by atoms with E-state index < -0.39 is 47.4 Å². The van der Waals surface area contributed by atoms with Gasteiger partial charge in [0.15, 0.2) is 0 Å². The van der Waals surface area contributed by atoms with Crippen molar-refractivity contribution in [1.29, 1.82) is 0 Å². The normalized spacial score (nSPS) is 27.4. The highest BCUT2D eigenvalue weighted by molar-refractivity contribution is 5.90. The fourth-order valence-electron chi connectivity index (χ4n) is 6.50. The summed E-state index contributed by atoms with van der Waals surface area (Å²) in [7, 11) is 0. The minimum Gasteiger partial charge on any atom is -0.455 e. The Morgan fingerprint density at radius 2 is 1.17 bits per heavy atom. The van der Waals surface area contributed by atoms with Crippen molar-refractivity contribution in [3.05, 3.63) is 106 Å². The van der Waals surface area contributed by atoms with Gasteiger partial charge >= 0.3 is 11.9 Å². The second-order valence-electron chi connectivity index (χ2n) is 9.71. The van der Waals surface area contributed by atoms with Crippen LogP contribution in [0.5, 0.6) is 0 Å². The number of benzene rings is 3. The van der Waals surface area contributed by atoms with Gasteiger partial charge in [0.1, 0.15) is 35.5 Å². The minimum atomic E-state index is -0.938. The summed E-state index contributed by atoms with van der Waals surface area (Å²) in [6.07, 6.45) is -0.356. The zero-order valence-corrected chi connectivity index (χ0v) is 18.8. The molecule has 0 aliphatic heterocycles. The number of esters is 2. The molecule has 0 heterocycles. The molecule has 4 nitrogen and oxygen atoms in total. The summed E-state index contributed by atoms with van der Waals surface area (Å²) in [5.41, 5.74) is 1.75. The van der Waals surface area contributed by atoms with Crippen LogP contribution in [0.15, 0.2) is 60.7 Å². The Balaban J connectivity index is 1.32. The Hall–Kier alpha value is -3.68. The second-order valence-corrected chi connectivity index (χ2v) is 9.71. The Labute approximate surface area is 203 Å². The minimum absolute atomic E-state index is 0.0785. The second kappa shape index (κ2) is 8.47. The van der Waals surface area contributed by atoms with Crippen molar-refractivity contribution in [1.82, 2.24) is 0 Å². The van der Waals surface area contributed by atoms with Crippen LogP contribution in [0.3, 0.4) is 0 Å². The standard InChI is InChI=1S/C28H20F4O4/c29-16-5-14(6-17(30)10-16)27(33)35-25-22-12-23(24-20-4-2-1-3-13(20)9-21(22)24)26(25)36-28(34)15-7-18(31)11-19(32)8-15/h1-8,10-11,21-26H,9,12H2. The number of halogens is 4. The Morgan fingerprint density at radius 3 is 1.72 bits per heavy atom. The molecule has 3 aliphatic carbocycles. The summed E-state index contributed by atoms with van der Waals surface area (Å²) in [4.78, 5) is 25.8. The van der Waals surface area contributed by atoms with Crippen molar-refractivity contribution in [3.8, 4) is 0 Å². The molecule has 6 unspecified atom stereocenters. The SMILES string of the molecule is O=C(OC1C2CC(C1OC(=O)c1cc(F)cc(F)c1)C1c3ccccc3CC21)c1cc(F)cc(F)c1. The van der Waals surface area contributed by atoms with Gasteiger partial charge < -0.3 is 9.47 Å². The summed E-state index contributed by atoms with van der Waals surface area (Å²) in [6, 6.07) is 12.8. The molecule has 3 aromatic carbocycles. The average molecular weight is 496 g/mol. The molecule has 2 bridgehead atoms. The van der Waals surface area contributed by atoms with E-state index in [0.717, 1.165) is 36.2 Å². The van der Waals surface area contributed by atoms with Gasteiger partial charge in [0, 0.05) is 24.0 Å². The van der Waals surface area contributed by atoms with E-state index in [4.69, 9.17) is 9.47 Å². The Morgan fingerprint density at radius 1 is 0.667 bits per heavy atom. The van der Waals surface area contributed by atoms with Gasteiger partial charge in [0.25, 0.3) is 0 Å². The van der Waals surface area contributed by atoms with Crippen LogP contribution in [0, 0.1) is 41.0 Å². The van der Waals surface area contributed by atoms with E-state index in [1.807, 2.05) is 24.3 Å². The molecule has 0 aromatic heterocycles. The van der Waals surface area contributed by atoms with Crippen molar-refractivity contribution in [2.75, 3.05) is 0 Å². The maximum Gasteiger partial charge on any atom is 0.338 e. The van der Waals surface area contributed by atoms with E-state index in [1.54, 1.807) is 0 Å². The van der Waals surface area contributed by atoms with Crippen molar-refractivity contribution in [2.24, 2.45) is 17.8 Å². The summed E-state index contributed by atoms with van der Waals surface area (Å²) in [6.45, 7) is 0. The van der Waals surface area contributed by atoms with Crippen LogP contribution >= 0.6 is 0 Å². The third-order valence-electron chi connectivity index (χ3n) is 7.74. The van der Waals surface area contributed by atoms with Crippen molar-refractivity contribution >= 4 is 11.9 Å². The maximum absolute atomic E-state index is 13.7. The molecule has 0 radical (unpaired) electrons. The van der Waals surface area contributed by atoms with E-state index in [2.05, 4.69) is 0 Å². The highest BCUT2D eigenvalue weighted by Gasteiger charge is 2.63. The lowest BCUT2D eigenvalue weighted by Crippen LogP contribution is -2.45. The number of carbonyl (C=O) groups is 2. The smallest absolute Gasteiger partial charge is 0.338 e. The van der Waals surface area contributed by atoms with Gasteiger partial charge in [-0.25, -0.2) is 27.2 Å². The molecule has 8 heteroatoms. The third-order valence-corrected chi connectivity index (χ3v) is 7.74. The first-order valence-electron chi connectivity index (χ1n) is 11.7. The first-order chi connectivity index (χ1) is 17.3. The van der Waals surface area contributed by atoms with Crippen LogP contribution in [0.1, 0.15) is 44.2 Å². The summed E-state index contributed by atoms with van der Waals surface area (Å²) in [5, 5.41) is 0. The lowest BCUT2D eigenvalue weighted by Gasteiger charge is -2.37. The quantitative estimate of drug-likeness (QED) is 0.349. The third kappa shape index (κ3) is 3.75. The van der Waals surface area contributed by atoms with E-state index in [9.17, 15) is 27.2 Å². The molecule has 2 fully saturated rings. The molecule has 2 saturated carbocycles. The van der Waals surface area contributed by atoms with Gasteiger partial charge in [-0.15, -0.1) is 0 Å². The monoisotopic (exact) mass is 496 g/mol. The molecule has 0 spiro atoms. The van der Waals surface area contributed by atoms with Gasteiger partial charge in [0.2, 0.25) is 0 Å². The highest BCUT2D eigenvalue weighted by Crippen LogP contribution is 2.62. The van der Waals surface area contributed by atoms with Crippen LogP contribution < -0.4 is 0 Å². The van der Waals surface area contributed by atoms with Gasteiger partial charge in [-0.1, -0.05) is 24.3 Å². The first kappa shape index (κ1) is 22.8. The number of hydrogen-bond donors (Lipinski definition) is 0. The fraction of sp³-hybridized carbons (Fsp3) is 0.286. The molecular weight excluding hydrogens is 476 g/mol. The van der Waals surface area contributed by atoms with E-state index >= 15 is 0 Å². The van der Waals surface area contributed by atoms with Gasteiger partial charge in [-0.05, 0) is 60.1 Å². The zero-order chi connectivity index (χ0) is 25.1. The van der Waals surface area contributed by atoms with E-state index in [-0.39, 0.29) is 34.8 Å². The number of rotatable bonds is 4. The molecular formula is C28H20F4O4. The van der Waals surface area contributed by atoms with Crippen molar-refractivity contribution in [3.63, 3.8) is 0 Å². The molecule has 36 heavy (non-hydrogen) atoms. The van der Waals surface area contributed by atoms with Crippen molar-refractivity contribution in [2.45, 2.75) is 31.0 Å². The van der Waals surface area contributed by atoms with Crippen LogP contribution in [0.4, 0.5) is 17.6 Å². The molecule has 0 amide bonds. The molecule has 0 saturated heterocycles. The summed E-state index contributed by atoms with van der Waals surface area (Å²) >= 11 is 0. The van der Waals surface area contributed by atoms with Crippen LogP contribution in [-0.4, -0.2) is 24.1 Å². The molecule has 3 aromatic rings. The van der Waals surface area contributed by atoms with Gasteiger partial charge in [-0.3, -0.25) is 0 Å². The number of carbonyl (C=O) groups excluding carboxylic acids is 2. The Kier molecular flexibility index (Phi) is 5.35. The summed E-state index contributed by atoms with van der Waals surface area (Å²) in [5.74, 6) is -5.67. The molecule has 6 atom stereocenters. The largest absolute Gasteiger partial charge is 0.455 e. The van der Waals surface area contributed by atoms with E-state index in [1.165, 1.54) is 5.56 Å². The lowest BCUT2D eigenvalue weighted by molar-refractivity contribution is -0.0698.